The Labute approximate surface area is 134 Å². The third kappa shape index (κ3) is 5.64. The van der Waals surface area contributed by atoms with Gasteiger partial charge in [-0.15, -0.1) is 0 Å². The number of rotatable bonds is 2. The molecule has 0 aliphatic heterocycles. The van der Waals surface area contributed by atoms with Crippen LogP contribution in [0.3, 0.4) is 0 Å². The molecule has 2 N–H and O–H groups in total. The summed E-state index contributed by atoms with van der Waals surface area (Å²) in [5, 5.41) is 0. The van der Waals surface area contributed by atoms with Crippen molar-refractivity contribution in [1.82, 2.24) is 0 Å². The third-order valence-corrected chi connectivity index (χ3v) is 3.31. The van der Waals surface area contributed by atoms with Crippen LogP contribution in [0.5, 0.6) is 5.75 Å². The van der Waals surface area contributed by atoms with Crippen LogP contribution in [0.4, 0.5) is 0 Å². The summed E-state index contributed by atoms with van der Waals surface area (Å²) in [6.07, 6.45) is 0. The SMILES string of the molecule is CC(C)(C)c1ccc(OP(=O)(O)O)c(C(C)(C)C)c1.[H-].[Li+]. The van der Waals surface area contributed by atoms with Crippen molar-refractivity contribution in [2.75, 3.05) is 0 Å². The quantitative estimate of drug-likeness (QED) is 0.627. The fraction of sp³-hybridized carbons (Fsp3) is 0.571. The molecular weight excluding hydrogens is 270 g/mol. The maximum atomic E-state index is 11.0. The summed E-state index contributed by atoms with van der Waals surface area (Å²) in [6, 6.07) is 5.45. The van der Waals surface area contributed by atoms with E-state index in [1.54, 1.807) is 6.07 Å². The van der Waals surface area contributed by atoms with Gasteiger partial charge in [0.05, 0.1) is 0 Å². The van der Waals surface area contributed by atoms with E-state index in [9.17, 15) is 4.57 Å². The van der Waals surface area contributed by atoms with Gasteiger partial charge in [-0.2, -0.15) is 0 Å². The van der Waals surface area contributed by atoms with Gasteiger partial charge in [0, 0.05) is 5.56 Å². The molecule has 0 saturated carbocycles. The Morgan fingerprint density at radius 1 is 1.05 bits per heavy atom. The maximum absolute atomic E-state index is 11.0. The molecule has 1 rings (SSSR count). The van der Waals surface area contributed by atoms with E-state index in [1.807, 2.05) is 32.9 Å². The number of hydrogen-bond acceptors (Lipinski definition) is 2. The first-order chi connectivity index (χ1) is 8.31. The molecule has 0 atom stereocenters. The summed E-state index contributed by atoms with van der Waals surface area (Å²) in [5.74, 6) is 0.244. The van der Waals surface area contributed by atoms with Crippen LogP contribution in [-0.4, -0.2) is 9.79 Å². The maximum Gasteiger partial charge on any atom is 1.00 e. The van der Waals surface area contributed by atoms with E-state index in [2.05, 4.69) is 20.8 Å². The average molecular weight is 294 g/mol. The van der Waals surface area contributed by atoms with Gasteiger partial charge >= 0.3 is 26.7 Å². The third-order valence-electron chi connectivity index (χ3n) is 2.87. The molecule has 20 heavy (non-hydrogen) atoms. The Bertz CT molecular complexity index is 515. The Hall–Kier alpha value is -0.233. The van der Waals surface area contributed by atoms with E-state index >= 15 is 0 Å². The zero-order valence-electron chi connectivity index (χ0n) is 14.4. The van der Waals surface area contributed by atoms with Crippen molar-refractivity contribution < 1.29 is 39.2 Å². The van der Waals surface area contributed by atoms with Crippen LogP contribution < -0.4 is 23.4 Å². The van der Waals surface area contributed by atoms with Crippen LogP contribution in [0.2, 0.25) is 0 Å². The van der Waals surface area contributed by atoms with Gasteiger partial charge in [-0.05, 0) is 22.5 Å². The van der Waals surface area contributed by atoms with Crippen molar-refractivity contribution in [3.05, 3.63) is 29.3 Å². The molecule has 0 fully saturated rings. The molecule has 0 radical (unpaired) electrons. The molecule has 0 heterocycles. The molecule has 0 bridgehead atoms. The summed E-state index contributed by atoms with van der Waals surface area (Å²) >= 11 is 0. The fourth-order valence-electron chi connectivity index (χ4n) is 1.79. The van der Waals surface area contributed by atoms with Crippen LogP contribution in [-0.2, 0) is 15.4 Å². The van der Waals surface area contributed by atoms with Crippen LogP contribution in [0, 0.1) is 0 Å². The number of phosphoric acid groups is 1. The summed E-state index contributed by atoms with van der Waals surface area (Å²) in [5.41, 5.74) is 1.62. The van der Waals surface area contributed by atoms with Crippen molar-refractivity contribution in [3.8, 4) is 5.75 Å². The Morgan fingerprint density at radius 3 is 1.90 bits per heavy atom. The van der Waals surface area contributed by atoms with Gasteiger partial charge in [0.15, 0.2) is 0 Å². The van der Waals surface area contributed by atoms with Crippen LogP contribution in [0.1, 0.15) is 54.1 Å². The molecule has 4 nitrogen and oxygen atoms in total. The molecule has 0 aliphatic carbocycles. The first-order valence-electron chi connectivity index (χ1n) is 6.21. The van der Waals surface area contributed by atoms with Crippen molar-refractivity contribution in [1.29, 1.82) is 0 Å². The predicted octanol–water partition coefficient (Wildman–Crippen LogP) is 0.870. The molecule has 0 amide bonds. The van der Waals surface area contributed by atoms with E-state index < -0.39 is 7.82 Å². The summed E-state index contributed by atoms with van der Waals surface area (Å²) < 4.78 is 15.8. The zero-order chi connectivity index (χ0) is 15.1. The molecule has 6 heteroatoms. The summed E-state index contributed by atoms with van der Waals surface area (Å²) in [7, 11) is -4.54. The second kappa shape index (κ2) is 6.26. The molecule has 1 aromatic rings. The molecular formula is C14H24LiO4P. The fourth-order valence-corrected chi connectivity index (χ4v) is 2.21. The molecule has 1 aromatic carbocycles. The summed E-state index contributed by atoms with van der Waals surface area (Å²) in [4.78, 5) is 18.0. The predicted molar refractivity (Wildman–Crippen MR) is 77.6 cm³/mol. The van der Waals surface area contributed by atoms with Gasteiger partial charge in [-0.1, -0.05) is 53.7 Å². The van der Waals surface area contributed by atoms with Crippen LogP contribution in [0.25, 0.3) is 0 Å². The molecule has 0 unspecified atom stereocenters. The number of phosphoric ester groups is 1. The largest absolute Gasteiger partial charge is 1.00 e. The van der Waals surface area contributed by atoms with E-state index in [0.717, 1.165) is 11.1 Å². The second-order valence-electron chi connectivity index (χ2n) is 6.79. The average Bonchev–Trinajstić information content (AvgIpc) is 2.11. The van der Waals surface area contributed by atoms with Gasteiger partial charge in [0.1, 0.15) is 5.75 Å². The Kier molecular flexibility index (Phi) is 6.19. The smallest absolute Gasteiger partial charge is 1.00 e. The van der Waals surface area contributed by atoms with E-state index in [4.69, 9.17) is 14.3 Å². The molecule has 110 valence electrons. The summed E-state index contributed by atoms with van der Waals surface area (Å²) in [6.45, 7) is 12.2. The van der Waals surface area contributed by atoms with E-state index in [-0.39, 0.29) is 36.9 Å². The first-order valence-corrected chi connectivity index (χ1v) is 7.74. The zero-order valence-corrected chi connectivity index (χ0v) is 14.3. The van der Waals surface area contributed by atoms with Crippen LogP contribution >= 0.6 is 7.82 Å². The van der Waals surface area contributed by atoms with E-state index in [0.29, 0.717) is 0 Å². The van der Waals surface area contributed by atoms with Crippen molar-refractivity contribution in [2.24, 2.45) is 0 Å². The monoisotopic (exact) mass is 294 g/mol. The Balaban J connectivity index is 0. The van der Waals surface area contributed by atoms with Gasteiger partial charge in [0.25, 0.3) is 0 Å². The molecule has 0 saturated heterocycles. The molecule has 0 aliphatic rings. The van der Waals surface area contributed by atoms with Crippen molar-refractivity contribution in [2.45, 2.75) is 52.4 Å². The van der Waals surface area contributed by atoms with Gasteiger partial charge in [-0.25, -0.2) is 4.57 Å². The normalized spacial score (nSPS) is 12.8. The van der Waals surface area contributed by atoms with Crippen molar-refractivity contribution >= 4 is 7.82 Å². The van der Waals surface area contributed by atoms with Gasteiger partial charge in [0.2, 0.25) is 0 Å². The van der Waals surface area contributed by atoms with E-state index in [1.165, 1.54) is 0 Å². The second-order valence-corrected chi connectivity index (χ2v) is 7.96. The number of benzene rings is 1. The Morgan fingerprint density at radius 2 is 1.55 bits per heavy atom. The van der Waals surface area contributed by atoms with Gasteiger partial charge in [-0.3, -0.25) is 9.79 Å². The molecule has 0 aromatic heterocycles. The minimum absolute atomic E-state index is 0. The van der Waals surface area contributed by atoms with Crippen LogP contribution in [0.15, 0.2) is 18.2 Å². The first kappa shape index (κ1) is 19.8. The standard InChI is InChI=1S/C14H23O4P.Li.H/c1-13(2,3)10-7-8-12(18-19(15,16)17)11(9-10)14(4,5)6;;/h7-9H,1-6H3,(H2,15,16,17);;/q;+1;-1. The minimum atomic E-state index is -4.54. The molecule has 0 spiro atoms. The topological polar surface area (TPSA) is 66.8 Å². The minimum Gasteiger partial charge on any atom is -1.00 e. The van der Waals surface area contributed by atoms with Gasteiger partial charge < -0.3 is 5.95 Å². The number of hydrogen-bond donors (Lipinski definition) is 2. The van der Waals surface area contributed by atoms with Crippen molar-refractivity contribution in [3.63, 3.8) is 0 Å².